The molecule has 8 nitrogen and oxygen atoms in total. The molecule has 9 heteroatoms. The molecule has 4 rings (SSSR count). The summed E-state index contributed by atoms with van der Waals surface area (Å²) in [5.74, 6) is -0.450. The second-order valence-electron chi connectivity index (χ2n) is 6.68. The summed E-state index contributed by atoms with van der Waals surface area (Å²) in [6.45, 7) is 0.631. The molecule has 1 aromatic carbocycles. The molecule has 0 saturated carbocycles. The molecule has 0 aliphatic carbocycles. The van der Waals surface area contributed by atoms with Crippen LogP contribution in [0.2, 0.25) is 0 Å². The van der Waals surface area contributed by atoms with E-state index in [1.807, 2.05) is 0 Å². The summed E-state index contributed by atoms with van der Waals surface area (Å²) in [6.07, 6.45) is 0. The largest absolute Gasteiger partial charge is 0.493 e. The summed E-state index contributed by atoms with van der Waals surface area (Å²) in [5.41, 5.74) is 1.21. The van der Waals surface area contributed by atoms with Crippen LogP contribution in [0, 0.1) is 5.82 Å². The number of hydrogen-bond acceptors (Lipinski definition) is 5. The first-order valence-corrected chi connectivity index (χ1v) is 8.77. The second kappa shape index (κ2) is 6.75. The van der Waals surface area contributed by atoms with Crippen molar-refractivity contribution in [3.05, 3.63) is 57.4 Å². The molecule has 2 aromatic heterocycles. The van der Waals surface area contributed by atoms with Crippen molar-refractivity contribution in [3.8, 4) is 5.75 Å². The number of aliphatic hydroxyl groups is 1. The number of carbonyl (C=O) groups is 1. The summed E-state index contributed by atoms with van der Waals surface area (Å²) in [6, 6.07) is 5.73. The molecule has 0 fully saturated rings. The van der Waals surface area contributed by atoms with Gasteiger partial charge in [0, 0.05) is 20.1 Å². The Balaban J connectivity index is 1.98. The van der Waals surface area contributed by atoms with Gasteiger partial charge in [-0.05, 0) is 17.7 Å². The van der Waals surface area contributed by atoms with E-state index in [1.165, 1.54) is 23.9 Å². The van der Waals surface area contributed by atoms with Crippen LogP contribution in [0.4, 0.5) is 4.39 Å². The first-order chi connectivity index (χ1) is 13.5. The molecule has 1 N–H and O–H groups in total. The summed E-state index contributed by atoms with van der Waals surface area (Å²) in [4.78, 5) is 27.4. The molecule has 0 saturated heterocycles. The van der Waals surface area contributed by atoms with E-state index in [0.717, 1.165) is 0 Å². The molecule has 1 amide bonds. The smallest absolute Gasteiger partial charge is 0.280 e. The molecule has 0 atom stereocenters. The fraction of sp³-hybridized carbons (Fsp3) is 0.316. The van der Waals surface area contributed by atoms with Crippen molar-refractivity contribution in [3.63, 3.8) is 0 Å². The highest BCUT2D eigenvalue weighted by Gasteiger charge is 2.33. The molecule has 0 radical (unpaired) electrons. The SMILES string of the molecule is COc1c2n(c3c(CO)nn(Cc4ccc(F)cc4)c(=O)c13)CCN(C)C2=O. The second-order valence-corrected chi connectivity index (χ2v) is 6.68. The van der Waals surface area contributed by atoms with Gasteiger partial charge in [0.25, 0.3) is 11.5 Å². The maximum atomic E-state index is 13.2. The fourth-order valence-electron chi connectivity index (χ4n) is 3.60. The number of amides is 1. The fourth-order valence-corrected chi connectivity index (χ4v) is 3.60. The number of fused-ring (bicyclic) bond motifs is 3. The summed E-state index contributed by atoms with van der Waals surface area (Å²) >= 11 is 0. The topological polar surface area (TPSA) is 89.6 Å². The lowest BCUT2D eigenvalue weighted by Crippen LogP contribution is -2.37. The minimum absolute atomic E-state index is 0.0968. The van der Waals surface area contributed by atoms with E-state index >= 15 is 0 Å². The quantitative estimate of drug-likeness (QED) is 0.722. The van der Waals surface area contributed by atoms with E-state index in [2.05, 4.69) is 5.10 Å². The number of aliphatic hydroxyl groups excluding tert-OH is 1. The van der Waals surface area contributed by atoms with Crippen LogP contribution in [-0.4, -0.2) is 51.0 Å². The number of benzene rings is 1. The Kier molecular flexibility index (Phi) is 4.38. The van der Waals surface area contributed by atoms with Crippen molar-refractivity contribution >= 4 is 16.8 Å². The highest BCUT2D eigenvalue weighted by molar-refractivity contribution is 6.05. The van der Waals surface area contributed by atoms with Crippen LogP contribution in [-0.2, 0) is 19.7 Å². The van der Waals surface area contributed by atoms with Crippen LogP contribution in [0.1, 0.15) is 21.7 Å². The lowest BCUT2D eigenvalue weighted by Gasteiger charge is -2.25. The molecule has 146 valence electrons. The lowest BCUT2D eigenvalue weighted by atomic mass is 10.2. The predicted octanol–water partition coefficient (Wildman–Crippen LogP) is 0.972. The molecule has 0 unspecified atom stereocenters. The molecule has 1 aliphatic rings. The van der Waals surface area contributed by atoms with Gasteiger partial charge in [-0.25, -0.2) is 9.07 Å². The predicted molar refractivity (Wildman–Crippen MR) is 98.9 cm³/mol. The number of halogens is 1. The molecule has 28 heavy (non-hydrogen) atoms. The maximum absolute atomic E-state index is 13.2. The van der Waals surface area contributed by atoms with Gasteiger partial charge in [-0.3, -0.25) is 9.59 Å². The number of aromatic nitrogens is 3. The Bertz CT molecular complexity index is 1130. The van der Waals surface area contributed by atoms with Crippen molar-refractivity contribution in [1.29, 1.82) is 0 Å². The number of carbonyl (C=O) groups excluding carboxylic acids is 1. The number of methoxy groups -OCH3 is 1. The molecule has 3 aromatic rings. The number of likely N-dealkylation sites (N-methyl/N-ethyl adjacent to an activating group) is 1. The first kappa shape index (κ1) is 18.2. The Morgan fingerprint density at radius 2 is 1.93 bits per heavy atom. The van der Waals surface area contributed by atoms with E-state index in [4.69, 9.17) is 4.74 Å². The van der Waals surface area contributed by atoms with Crippen molar-refractivity contribution < 1.29 is 19.0 Å². The van der Waals surface area contributed by atoms with Gasteiger partial charge in [-0.2, -0.15) is 5.10 Å². The molecular formula is C19H19FN4O4. The highest BCUT2D eigenvalue weighted by Crippen LogP contribution is 2.34. The van der Waals surface area contributed by atoms with Crippen molar-refractivity contribution in [2.45, 2.75) is 19.7 Å². The number of rotatable bonds is 4. The third-order valence-electron chi connectivity index (χ3n) is 4.99. The summed E-state index contributed by atoms with van der Waals surface area (Å²) in [5, 5.41) is 14.4. The van der Waals surface area contributed by atoms with Gasteiger partial charge in [0.15, 0.2) is 11.4 Å². The molecular weight excluding hydrogens is 367 g/mol. The van der Waals surface area contributed by atoms with E-state index in [9.17, 15) is 19.1 Å². The molecule has 0 spiro atoms. The Morgan fingerprint density at radius 3 is 2.57 bits per heavy atom. The van der Waals surface area contributed by atoms with Crippen LogP contribution >= 0.6 is 0 Å². The van der Waals surface area contributed by atoms with Gasteiger partial charge in [0.1, 0.15) is 16.9 Å². The number of hydrogen-bond donors (Lipinski definition) is 1. The number of ether oxygens (including phenoxy) is 1. The Hall–Kier alpha value is -3.20. The average Bonchev–Trinajstić information content (AvgIpc) is 3.04. The normalized spacial score (nSPS) is 13.9. The zero-order valence-electron chi connectivity index (χ0n) is 15.5. The highest BCUT2D eigenvalue weighted by atomic mass is 19.1. The first-order valence-electron chi connectivity index (χ1n) is 8.77. The lowest BCUT2D eigenvalue weighted by molar-refractivity contribution is 0.0746. The zero-order chi connectivity index (χ0) is 20.0. The Morgan fingerprint density at radius 1 is 1.21 bits per heavy atom. The van der Waals surface area contributed by atoms with Gasteiger partial charge in [0.2, 0.25) is 0 Å². The van der Waals surface area contributed by atoms with Crippen molar-refractivity contribution in [2.75, 3.05) is 20.7 Å². The van der Waals surface area contributed by atoms with E-state index in [-0.39, 0.29) is 40.8 Å². The standard InChI is InChI=1S/C19H19FN4O4/c1-22-7-8-23-15-13(10-25)21-24(9-11-3-5-12(20)6-4-11)18(26)14(15)17(28-2)16(23)19(22)27/h3-6,25H,7-10H2,1-2H3. The van der Waals surface area contributed by atoms with Crippen LogP contribution in [0.25, 0.3) is 10.9 Å². The van der Waals surface area contributed by atoms with E-state index in [0.29, 0.717) is 24.2 Å². The van der Waals surface area contributed by atoms with E-state index in [1.54, 1.807) is 28.6 Å². The summed E-state index contributed by atoms with van der Waals surface area (Å²) in [7, 11) is 3.08. The maximum Gasteiger partial charge on any atom is 0.280 e. The van der Waals surface area contributed by atoms with Crippen LogP contribution in [0.15, 0.2) is 29.1 Å². The van der Waals surface area contributed by atoms with Crippen molar-refractivity contribution in [2.24, 2.45) is 0 Å². The number of nitrogens with zero attached hydrogens (tertiary/aromatic N) is 4. The van der Waals surface area contributed by atoms with Gasteiger partial charge < -0.3 is 19.3 Å². The van der Waals surface area contributed by atoms with Crippen LogP contribution in [0.3, 0.4) is 0 Å². The summed E-state index contributed by atoms with van der Waals surface area (Å²) < 4.78 is 21.5. The minimum Gasteiger partial charge on any atom is -0.493 e. The third-order valence-corrected chi connectivity index (χ3v) is 4.99. The molecule has 0 bridgehead atoms. The van der Waals surface area contributed by atoms with Gasteiger partial charge >= 0.3 is 0 Å². The van der Waals surface area contributed by atoms with E-state index < -0.39 is 12.2 Å². The molecule has 1 aliphatic heterocycles. The monoisotopic (exact) mass is 386 g/mol. The van der Waals surface area contributed by atoms with Gasteiger partial charge in [0.05, 0.1) is 25.8 Å². The van der Waals surface area contributed by atoms with Crippen LogP contribution < -0.4 is 10.3 Å². The molecule has 3 heterocycles. The third kappa shape index (κ3) is 2.66. The van der Waals surface area contributed by atoms with Crippen LogP contribution in [0.5, 0.6) is 5.75 Å². The van der Waals surface area contributed by atoms with Gasteiger partial charge in [-0.15, -0.1) is 0 Å². The minimum atomic E-state index is -0.439. The average molecular weight is 386 g/mol. The van der Waals surface area contributed by atoms with Crippen molar-refractivity contribution in [1.82, 2.24) is 19.2 Å². The zero-order valence-corrected chi connectivity index (χ0v) is 15.5. The Labute approximate surface area is 159 Å². The van der Waals surface area contributed by atoms with Gasteiger partial charge in [-0.1, -0.05) is 12.1 Å².